The highest BCUT2D eigenvalue weighted by atomic mass is 31.2. The van der Waals surface area contributed by atoms with E-state index in [1.165, 1.54) is 14.2 Å². The molecule has 0 amide bonds. The largest absolute Gasteiger partial charge is 0.374 e. The van der Waals surface area contributed by atoms with Gasteiger partial charge in [0.2, 0.25) is 5.34 Å². The fourth-order valence-corrected chi connectivity index (χ4v) is 5.95. The Hall–Kier alpha value is -1.65. The van der Waals surface area contributed by atoms with Gasteiger partial charge in [-0.2, -0.15) is 0 Å². The molecule has 5 atom stereocenters. The van der Waals surface area contributed by atoms with Crippen LogP contribution >= 0.6 is 7.60 Å². The van der Waals surface area contributed by atoms with Crippen LogP contribution in [0.2, 0.25) is 0 Å². The normalized spacial score (nSPS) is 27.5. The summed E-state index contributed by atoms with van der Waals surface area (Å²) >= 11 is 0. The quantitative estimate of drug-likeness (QED) is 0.454. The zero-order valence-electron chi connectivity index (χ0n) is 20.4. The number of hydrogen-bond acceptors (Lipinski definition) is 9. The van der Waals surface area contributed by atoms with Gasteiger partial charge in [0.25, 0.3) is 0 Å². The van der Waals surface area contributed by atoms with Gasteiger partial charge in [-0.1, -0.05) is 60.7 Å². The van der Waals surface area contributed by atoms with Gasteiger partial charge in [-0.3, -0.25) is 4.57 Å². The maximum Gasteiger partial charge on any atom is 0.366 e. The van der Waals surface area contributed by atoms with Crippen LogP contribution in [0.3, 0.4) is 0 Å². The molecule has 0 aliphatic carbocycles. The van der Waals surface area contributed by atoms with Crippen molar-refractivity contribution in [3.05, 3.63) is 71.8 Å². The molecule has 2 aliphatic rings. The van der Waals surface area contributed by atoms with E-state index in [0.717, 1.165) is 11.1 Å². The molecule has 0 radical (unpaired) electrons. The first-order valence-corrected chi connectivity index (χ1v) is 13.0. The van der Waals surface area contributed by atoms with Gasteiger partial charge in [0.05, 0.1) is 19.8 Å². The number of hydrogen-bond donors (Lipinski definition) is 1. The maximum absolute atomic E-state index is 13.7. The fourth-order valence-electron chi connectivity index (χ4n) is 4.40. The number of benzene rings is 2. The Kier molecular flexibility index (Phi) is 8.12. The third-order valence-electron chi connectivity index (χ3n) is 6.11. The Morgan fingerprint density at radius 1 is 0.943 bits per heavy atom. The minimum absolute atomic E-state index is 0.172. The highest BCUT2D eigenvalue weighted by Crippen LogP contribution is 2.62. The summed E-state index contributed by atoms with van der Waals surface area (Å²) in [6, 6.07) is 19.0. The lowest BCUT2D eigenvalue weighted by molar-refractivity contribution is -0.240. The number of rotatable bonds is 11. The van der Waals surface area contributed by atoms with Crippen LogP contribution < -0.4 is 0 Å². The van der Waals surface area contributed by atoms with Crippen molar-refractivity contribution in [1.29, 1.82) is 0 Å². The van der Waals surface area contributed by atoms with Gasteiger partial charge in [0, 0.05) is 14.2 Å². The van der Waals surface area contributed by atoms with E-state index in [-0.39, 0.29) is 13.2 Å². The molecule has 0 saturated carbocycles. The lowest BCUT2D eigenvalue weighted by atomic mass is 10.0. The van der Waals surface area contributed by atoms with E-state index in [0.29, 0.717) is 0 Å². The van der Waals surface area contributed by atoms with Crippen LogP contribution in [-0.4, -0.2) is 61.7 Å². The van der Waals surface area contributed by atoms with E-state index in [1.807, 2.05) is 60.7 Å². The lowest BCUT2D eigenvalue weighted by Crippen LogP contribution is -2.54. The van der Waals surface area contributed by atoms with Crippen LogP contribution in [0.1, 0.15) is 25.0 Å². The van der Waals surface area contributed by atoms with E-state index in [9.17, 15) is 9.67 Å². The zero-order chi connectivity index (χ0) is 25.1. The first-order chi connectivity index (χ1) is 16.7. The Morgan fingerprint density at radius 3 is 2.09 bits per heavy atom. The molecule has 2 aromatic carbocycles. The molecule has 0 spiro atoms. The smallest absolute Gasteiger partial charge is 0.366 e. The van der Waals surface area contributed by atoms with E-state index in [4.69, 9.17) is 32.7 Å². The summed E-state index contributed by atoms with van der Waals surface area (Å²) < 4.78 is 54.2. The lowest BCUT2D eigenvalue weighted by Gasteiger charge is -2.39. The monoisotopic (exact) mass is 508 g/mol. The minimum atomic E-state index is -4.16. The van der Waals surface area contributed by atoms with Crippen molar-refractivity contribution >= 4 is 7.60 Å². The Balaban J connectivity index is 1.61. The Bertz CT molecular complexity index is 995. The first-order valence-electron chi connectivity index (χ1n) is 11.4. The predicted molar refractivity (Wildman–Crippen MR) is 126 cm³/mol. The van der Waals surface area contributed by atoms with E-state index in [2.05, 4.69) is 0 Å². The van der Waals surface area contributed by atoms with Crippen molar-refractivity contribution in [3.8, 4) is 0 Å². The summed E-state index contributed by atoms with van der Waals surface area (Å²) in [5, 5.41) is 9.69. The minimum Gasteiger partial charge on any atom is -0.374 e. The third kappa shape index (κ3) is 5.54. The van der Waals surface area contributed by atoms with Crippen LogP contribution in [0.4, 0.5) is 0 Å². The van der Waals surface area contributed by atoms with Gasteiger partial charge < -0.3 is 37.8 Å². The molecule has 35 heavy (non-hydrogen) atoms. The second-order valence-electron chi connectivity index (χ2n) is 9.01. The molecule has 2 aliphatic heterocycles. The Labute approximate surface area is 205 Å². The first kappa shape index (κ1) is 26.4. The van der Waals surface area contributed by atoms with E-state index >= 15 is 0 Å². The average Bonchev–Trinajstić information content (AvgIpc) is 3.35. The van der Waals surface area contributed by atoms with Crippen molar-refractivity contribution in [2.45, 2.75) is 62.8 Å². The van der Waals surface area contributed by atoms with Gasteiger partial charge in [-0.05, 0) is 25.0 Å². The van der Waals surface area contributed by atoms with Crippen molar-refractivity contribution in [3.63, 3.8) is 0 Å². The molecule has 2 aromatic rings. The molecule has 0 unspecified atom stereocenters. The summed E-state index contributed by atoms with van der Waals surface area (Å²) in [4.78, 5) is 0. The highest BCUT2D eigenvalue weighted by Gasteiger charge is 2.67. The topological polar surface area (TPSA) is 102 Å². The highest BCUT2D eigenvalue weighted by molar-refractivity contribution is 7.55. The molecule has 0 bridgehead atoms. The summed E-state index contributed by atoms with van der Waals surface area (Å²) in [6.45, 7) is 3.51. The van der Waals surface area contributed by atoms with Crippen LogP contribution in [0.15, 0.2) is 60.7 Å². The second kappa shape index (κ2) is 10.8. The van der Waals surface area contributed by atoms with Gasteiger partial charge >= 0.3 is 7.60 Å². The molecule has 2 fully saturated rings. The molecule has 4 rings (SSSR count). The zero-order valence-corrected chi connectivity index (χ0v) is 21.3. The standard InChI is InChI=1S/C25H33O9P/c1-24(2)33-21-20(31-16-19-13-9-6-10-14-19)22(32-23(21)34-24)25(26,35(27,28-3)29-4)17-30-15-18-11-7-5-8-12-18/h5-14,20-23,26H,15-17H2,1-4H3/t20-,21-,22-,23-,25-/m1/s1. The summed E-state index contributed by atoms with van der Waals surface area (Å²) in [7, 11) is -1.75. The molecular formula is C25H33O9P. The molecular weight excluding hydrogens is 475 g/mol. The van der Waals surface area contributed by atoms with Gasteiger partial charge in [0.1, 0.15) is 18.3 Å². The summed E-state index contributed by atoms with van der Waals surface area (Å²) in [5.41, 5.74) is 1.80. The molecule has 9 nitrogen and oxygen atoms in total. The third-order valence-corrected chi connectivity index (χ3v) is 8.41. The van der Waals surface area contributed by atoms with Crippen LogP contribution in [0.5, 0.6) is 0 Å². The second-order valence-corrected chi connectivity index (χ2v) is 11.5. The molecule has 1 N–H and O–H groups in total. The SMILES string of the molecule is COP(=O)(OC)[C@](O)(COCc1ccccc1)[C@@H]1O[C@@H]2OC(C)(C)O[C@@H]2[C@H]1OCc1ccccc1. The summed E-state index contributed by atoms with van der Waals surface area (Å²) in [5.74, 6) is -0.914. The van der Waals surface area contributed by atoms with Crippen molar-refractivity contribution in [1.82, 2.24) is 0 Å². The molecule has 2 heterocycles. The number of ether oxygens (including phenoxy) is 5. The summed E-state index contributed by atoms with van der Waals surface area (Å²) in [6.07, 6.45) is -3.58. The van der Waals surface area contributed by atoms with Crippen LogP contribution in [-0.2, 0) is 50.5 Å². The predicted octanol–water partition coefficient (Wildman–Crippen LogP) is 3.84. The molecule has 0 aromatic heterocycles. The van der Waals surface area contributed by atoms with Gasteiger partial charge in [-0.15, -0.1) is 0 Å². The van der Waals surface area contributed by atoms with E-state index < -0.39 is 49.9 Å². The fraction of sp³-hybridized carbons (Fsp3) is 0.520. The average molecular weight is 509 g/mol. The van der Waals surface area contributed by atoms with Crippen molar-refractivity contribution < 1.29 is 42.4 Å². The Morgan fingerprint density at radius 2 is 1.51 bits per heavy atom. The van der Waals surface area contributed by atoms with Crippen LogP contribution in [0, 0.1) is 0 Å². The van der Waals surface area contributed by atoms with E-state index in [1.54, 1.807) is 13.8 Å². The molecule has 192 valence electrons. The van der Waals surface area contributed by atoms with Gasteiger partial charge in [0.15, 0.2) is 12.1 Å². The van der Waals surface area contributed by atoms with Gasteiger partial charge in [-0.25, -0.2) is 0 Å². The van der Waals surface area contributed by atoms with Crippen molar-refractivity contribution in [2.24, 2.45) is 0 Å². The molecule has 10 heteroatoms. The number of aliphatic hydroxyl groups is 1. The maximum atomic E-state index is 13.7. The number of fused-ring (bicyclic) bond motifs is 1. The molecule has 2 saturated heterocycles. The van der Waals surface area contributed by atoms with Crippen molar-refractivity contribution in [2.75, 3.05) is 20.8 Å². The van der Waals surface area contributed by atoms with Crippen LogP contribution in [0.25, 0.3) is 0 Å².